The molecule has 1 aliphatic carbocycles. The van der Waals surface area contributed by atoms with Crippen molar-refractivity contribution in [3.8, 4) is 0 Å². The van der Waals surface area contributed by atoms with Crippen LogP contribution < -0.4 is 0 Å². The summed E-state index contributed by atoms with van der Waals surface area (Å²) < 4.78 is 0. The second kappa shape index (κ2) is 4.61. The summed E-state index contributed by atoms with van der Waals surface area (Å²) in [5.41, 5.74) is 0. The molecule has 0 saturated heterocycles. The summed E-state index contributed by atoms with van der Waals surface area (Å²) in [5.74, 6) is 0.656. The first-order valence-electron chi connectivity index (χ1n) is 4.84. The van der Waals surface area contributed by atoms with Crippen LogP contribution in [-0.2, 0) is 4.79 Å². The maximum absolute atomic E-state index is 10.3. The molecule has 70 valence electrons. The molecule has 0 amide bonds. The van der Waals surface area contributed by atoms with E-state index in [9.17, 15) is 4.79 Å². The predicted molar refractivity (Wildman–Crippen MR) is 50.1 cm³/mol. The average Bonchev–Trinajstić information content (AvgIpc) is 2.05. The van der Waals surface area contributed by atoms with E-state index in [-0.39, 0.29) is 0 Å². The zero-order valence-electron chi connectivity index (χ0n) is 8.12. The van der Waals surface area contributed by atoms with Gasteiger partial charge in [-0.25, -0.2) is 0 Å². The fourth-order valence-corrected chi connectivity index (χ4v) is 2.08. The Kier molecular flexibility index (Phi) is 3.73. The summed E-state index contributed by atoms with van der Waals surface area (Å²) in [6, 6.07) is 0.712. The van der Waals surface area contributed by atoms with E-state index in [0.717, 1.165) is 12.7 Å². The molecule has 0 aromatic carbocycles. The minimum Gasteiger partial charge on any atom is -0.306 e. The molecule has 1 fully saturated rings. The van der Waals surface area contributed by atoms with Crippen molar-refractivity contribution in [1.29, 1.82) is 0 Å². The van der Waals surface area contributed by atoms with Crippen molar-refractivity contribution >= 4 is 6.29 Å². The normalized spacial score (nSPS) is 30.6. The van der Waals surface area contributed by atoms with E-state index < -0.39 is 0 Å². The van der Waals surface area contributed by atoms with Gasteiger partial charge >= 0.3 is 0 Å². The molecule has 0 aliphatic heterocycles. The van der Waals surface area contributed by atoms with Crippen molar-refractivity contribution < 1.29 is 4.79 Å². The van der Waals surface area contributed by atoms with E-state index >= 15 is 0 Å². The SMILES string of the molecule is CN(C)C1CCCC(CC=O)C1. The summed E-state index contributed by atoms with van der Waals surface area (Å²) in [6.45, 7) is 0. The summed E-state index contributed by atoms with van der Waals surface area (Å²) in [7, 11) is 4.27. The summed E-state index contributed by atoms with van der Waals surface area (Å²) in [6.07, 6.45) is 6.91. The molecule has 2 atom stereocenters. The first-order valence-corrected chi connectivity index (χ1v) is 4.84. The number of hydrogen-bond acceptors (Lipinski definition) is 2. The van der Waals surface area contributed by atoms with Gasteiger partial charge in [0.2, 0.25) is 0 Å². The molecule has 2 heteroatoms. The third-order valence-corrected chi connectivity index (χ3v) is 2.91. The topological polar surface area (TPSA) is 20.3 Å². The summed E-state index contributed by atoms with van der Waals surface area (Å²) >= 11 is 0. The van der Waals surface area contributed by atoms with Crippen LogP contribution in [0.25, 0.3) is 0 Å². The molecule has 0 aromatic rings. The largest absolute Gasteiger partial charge is 0.306 e. The number of aldehydes is 1. The molecule has 0 bridgehead atoms. The molecular weight excluding hydrogens is 150 g/mol. The quantitative estimate of drug-likeness (QED) is 0.599. The molecule has 0 spiro atoms. The lowest BCUT2D eigenvalue weighted by Gasteiger charge is -2.32. The molecular formula is C10H19NO. The average molecular weight is 169 g/mol. The van der Waals surface area contributed by atoms with Crippen molar-refractivity contribution in [2.75, 3.05) is 14.1 Å². The summed E-state index contributed by atoms with van der Waals surface area (Å²) in [5, 5.41) is 0. The van der Waals surface area contributed by atoms with Crippen molar-refractivity contribution in [3.63, 3.8) is 0 Å². The van der Waals surface area contributed by atoms with Gasteiger partial charge in [-0.15, -0.1) is 0 Å². The van der Waals surface area contributed by atoms with E-state index in [2.05, 4.69) is 19.0 Å². The standard InChI is InChI=1S/C10H19NO/c1-11(2)10-5-3-4-9(8-10)6-7-12/h7,9-10H,3-6,8H2,1-2H3. The van der Waals surface area contributed by atoms with E-state index in [0.29, 0.717) is 12.0 Å². The van der Waals surface area contributed by atoms with Gasteiger partial charge in [0, 0.05) is 12.5 Å². The Balaban J connectivity index is 2.34. The minimum absolute atomic E-state index is 0.656. The molecule has 0 aromatic heterocycles. The zero-order valence-corrected chi connectivity index (χ0v) is 8.12. The molecule has 1 rings (SSSR count). The van der Waals surface area contributed by atoms with Crippen LogP contribution in [0.4, 0.5) is 0 Å². The first-order chi connectivity index (χ1) is 5.74. The van der Waals surface area contributed by atoms with Crippen LogP contribution in [0.3, 0.4) is 0 Å². The van der Waals surface area contributed by atoms with Gasteiger partial charge in [0.1, 0.15) is 6.29 Å². The number of rotatable bonds is 3. The van der Waals surface area contributed by atoms with Crippen LogP contribution in [0.5, 0.6) is 0 Å². The van der Waals surface area contributed by atoms with E-state index in [1.54, 1.807) is 0 Å². The highest BCUT2D eigenvalue weighted by atomic mass is 16.1. The Morgan fingerprint density at radius 1 is 1.42 bits per heavy atom. The van der Waals surface area contributed by atoms with Gasteiger partial charge in [-0.2, -0.15) is 0 Å². The zero-order chi connectivity index (χ0) is 8.97. The van der Waals surface area contributed by atoms with Crippen molar-refractivity contribution in [1.82, 2.24) is 4.90 Å². The lowest BCUT2D eigenvalue weighted by molar-refractivity contribution is -0.108. The van der Waals surface area contributed by atoms with Crippen molar-refractivity contribution in [2.45, 2.75) is 38.1 Å². The van der Waals surface area contributed by atoms with Gasteiger partial charge in [0.05, 0.1) is 0 Å². The Hall–Kier alpha value is -0.370. The van der Waals surface area contributed by atoms with Crippen LogP contribution in [-0.4, -0.2) is 31.3 Å². The van der Waals surface area contributed by atoms with Gasteiger partial charge in [0.15, 0.2) is 0 Å². The minimum atomic E-state index is 0.656. The molecule has 2 nitrogen and oxygen atoms in total. The molecule has 1 aliphatic rings. The second-order valence-electron chi connectivity index (χ2n) is 4.05. The second-order valence-corrected chi connectivity index (χ2v) is 4.05. The summed E-state index contributed by atoms with van der Waals surface area (Å²) in [4.78, 5) is 12.6. The number of hydrogen-bond donors (Lipinski definition) is 0. The first kappa shape index (κ1) is 9.72. The van der Waals surface area contributed by atoms with Gasteiger partial charge in [-0.05, 0) is 39.3 Å². The van der Waals surface area contributed by atoms with Crippen LogP contribution in [0.1, 0.15) is 32.1 Å². The highest BCUT2D eigenvalue weighted by molar-refractivity contribution is 5.49. The van der Waals surface area contributed by atoms with Crippen LogP contribution in [0, 0.1) is 5.92 Å². The molecule has 1 saturated carbocycles. The third kappa shape index (κ3) is 2.59. The highest BCUT2D eigenvalue weighted by Gasteiger charge is 2.22. The molecule has 0 N–H and O–H groups in total. The fourth-order valence-electron chi connectivity index (χ4n) is 2.08. The number of carbonyl (C=O) groups excluding carboxylic acids is 1. The Bertz CT molecular complexity index is 145. The maximum Gasteiger partial charge on any atom is 0.120 e. The van der Waals surface area contributed by atoms with Crippen LogP contribution in [0.2, 0.25) is 0 Å². The lowest BCUT2D eigenvalue weighted by atomic mass is 9.84. The monoisotopic (exact) mass is 169 g/mol. The van der Waals surface area contributed by atoms with Crippen LogP contribution in [0.15, 0.2) is 0 Å². The number of carbonyl (C=O) groups is 1. The van der Waals surface area contributed by atoms with Gasteiger partial charge in [-0.1, -0.05) is 6.42 Å². The highest BCUT2D eigenvalue weighted by Crippen LogP contribution is 2.28. The molecule has 2 unspecified atom stereocenters. The van der Waals surface area contributed by atoms with E-state index in [1.807, 2.05) is 0 Å². The predicted octanol–water partition coefficient (Wildman–Crippen LogP) is 1.70. The van der Waals surface area contributed by atoms with Crippen molar-refractivity contribution in [3.05, 3.63) is 0 Å². The molecule has 12 heavy (non-hydrogen) atoms. The molecule has 0 radical (unpaired) electrons. The third-order valence-electron chi connectivity index (χ3n) is 2.91. The lowest BCUT2D eigenvalue weighted by Crippen LogP contribution is -2.33. The Morgan fingerprint density at radius 3 is 2.75 bits per heavy atom. The Labute approximate surface area is 74.9 Å². The molecule has 0 heterocycles. The van der Waals surface area contributed by atoms with Gasteiger partial charge < -0.3 is 9.69 Å². The fraction of sp³-hybridized carbons (Fsp3) is 0.900. The maximum atomic E-state index is 10.3. The van der Waals surface area contributed by atoms with E-state index in [1.165, 1.54) is 25.7 Å². The van der Waals surface area contributed by atoms with Crippen LogP contribution >= 0.6 is 0 Å². The van der Waals surface area contributed by atoms with Crippen molar-refractivity contribution in [2.24, 2.45) is 5.92 Å². The van der Waals surface area contributed by atoms with Gasteiger partial charge in [-0.3, -0.25) is 0 Å². The Morgan fingerprint density at radius 2 is 2.17 bits per heavy atom. The number of nitrogens with zero attached hydrogens (tertiary/aromatic N) is 1. The van der Waals surface area contributed by atoms with E-state index in [4.69, 9.17) is 0 Å². The smallest absolute Gasteiger partial charge is 0.120 e. The van der Waals surface area contributed by atoms with Gasteiger partial charge in [0.25, 0.3) is 0 Å².